The molecule has 4 nitrogen and oxygen atoms in total. The van der Waals surface area contributed by atoms with Crippen LogP contribution in [0.5, 0.6) is 0 Å². The summed E-state index contributed by atoms with van der Waals surface area (Å²) in [4.78, 5) is 4.92. The van der Waals surface area contributed by atoms with Gasteiger partial charge in [0, 0.05) is 25.6 Å². The second-order valence-electron chi connectivity index (χ2n) is 5.53. The maximum absolute atomic E-state index is 5.46. The molecular weight excluding hydrogens is 236 g/mol. The minimum atomic E-state index is 0.0858. The Kier molecular flexibility index (Phi) is 3.09. The van der Waals surface area contributed by atoms with Crippen LogP contribution in [0.3, 0.4) is 0 Å². The van der Waals surface area contributed by atoms with Gasteiger partial charge >= 0.3 is 0 Å². The summed E-state index contributed by atoms with van der Waals surface area (Å²) in [5.41, 5.74) is 0.240. The van der Waals surface area contributed by atoms with Crippen LogP contribution < -0.4 is 5.32 Å². The predicted octanol–water partition coefficient (Wildman–Crippen LogP) is 1.41. The van der Waals surface area contributed by atoms with E-state index < -0.39 is 0 Å². The Morgan fingerprint density at radius 2 is 1.94 bits per heavy atom. The van der Waals surface area contributed by atoms with E-state index in [1.165, 1.54) is 0 Å². The molecule has 5 heteroatoms. The molecule has 1 spiro atoms. The summed E-state index contributed by atoms with van der Waals surface area (Å²) in [6.45, 7) is 5.59. The molecule has 1 atom stereocenters. The number of hydrogen-bond donors (Lipinski definition) is 1. The highest BCUT2D eigenvalue weighted by Crippen LogP contribution is 2.36. The predicted molar refractivity (Wildman–Crippen MR) is 69.7 cm³/mol. The Labute approximate surface area is 107 Å². The Balaban J connectivity index is 1.66. The molecule has 17 heavy (non-hydrogen) atoms. The Morgan fingerprint density at radius 3 is 2.65 bits per heavy atom. The minimum Gasteiger partial charge on any atom is -0.381 e. The molecule has 0 saturated carbocycles. The van der Waals surface area contributed by atoms with Gasteiger partial charge in [0.05, 0.1) is 17.7 Å². The number of ether oxygens (including phenoxy) is 2. The molecule has 0 radical (unpaired) electrons. The van der Waals surface area contributed by atoms with Crippen molar-refractivity contribution in [2.75, 3.05) is 32.2 Å². The molecule has 1 N–H and O–H groups in total. The monoisotopic (exact) mass is 256 g/mol. The van der Waals surface area contributed by atoms with Crippen LogP contribution in [0.1, 0.15) is 26.2 Å². The van der Waals surface area contributed by atoms with E-state index in [2.05, 4.69) is 12.2 Å². The molecule has 2 saturated heterocycles. The number of nitrogens with zero attached hydrogens (tertiary/aromatic N) is 1. The van der Waals surface area contributed by atoms with Crippen molar-refractivity contribution in [3.05, 3.63) is 0 Å². The lowest BCUT2D eigenvalue weighted by atomic mass is 9.93. The number of aliphatic imine (C=N–C) groups is 1. The zero-order valence-electron chi connectivity index (χ0n) is 10.3. The summed E-state index contributed by atoms with van der Waals surface area (Å²) >= 11 is 1.86. The SMILES string of the molecule is CC1(NC2=NC3(CCOCC3)CS2)CCOC1. The molecule has 3 aliphatic rings. The van der Waals surface area contributed by atoms with Gasteiger partial charge in [-0.05, 0) is 26.2 Å². The zero-order valence-corrected chi connectivity index (χ0v) is 11.1. The lowest BCUT2D eigenvalue weighted by molar-refractivity contribution is 0.0623. The van der Waals surface area contributed by atoms with Crippen molar-refractivity contribution >= 4 is 16.9 Å². The van der Waals surface area contributed by atoms with Gasteiger partial charge in [0.2, 0.25) is 0 Å². The lowest BCUT2D eigenvalue weighted by Gasteiger charge is -2.29. The maximum atomic E-state index is 5.46. The van der Waals surface area contributed by atoms with E-state index in [1.807, 2.05) is 11.8 Å². The van der Waals surface area contributed by atoms with Crippen molar-refractivity contribution in [1.82, 2.24) is 5.32 Å². The number of rotatable bonds is 1. The smallest absolute Gasteiger partial charge is 0.157 e. The van der Waals surface area contributed by atoms with Crippen molar-refractivity contribution < 1.29 is 9.47 Å². The first-order chi connectivity index (χ1) is 8.20. The third-order valence-corrected chi connectivity index (χ3v) is 5.02. The van der Waals surface area contributed by atoms with Crippen LogP contribution in [0, 0.1) is 0 Å². The van der Waals surface area contributed by atoms with Crippen molar-refractivity contribution in [1.29, 1.82) is 0 Å². The highest BCUT2D eigenvalue weighted by molar-refractivity contribution is 8.14. The van der Waals surface area contributed by atoms with E-state index in [9.17, 15) is 0 Å². The van der Waals surface area contributed by atoms with Crippen molar-refractivity contribution in [2.45, 2.75) is 37.3 Å². The molecule has 96 valence electrons. The van der Waals surface area contributed by atoms with E-state index in [0.29, 0.717) is 0 Å². The molecule has 1 unspecified atom stereocenters. The van der Waals surface area contributed by atoms with Gasteiger partial charge in [-0.25, -0.2) is 0 Å². The van der Waals surface area contributed by atoms with E-state index in [-0.39, 0.29) is 11.1 Å². The zero-order chi connectivity index (χ0) is 11.8. The van der Waals surface area contributed by atoms with Crippen molar-refractivity contribution in [2.24, 2.45) is 4.99 Å². The normalized spacial score (nSPS) is 36.2. The second kappa shape index (κ2) is 4.44. The molecule has 0 aromatic carbocycles. The summed E-state index contributed by atoms with van der Waals surface area (Å²) in [5, 5.41) is 4.68. The van der Waals surface area contributed by atoms with Crippen LogP contribution >= 0.6 is 11.8 Å². The van der Waals surface area contributed by atoms with Gasteiger partial charge in [0.25, 0.3) is 0 Å². The molecular formula is C12H20N2O2S. The summed E-state index contributed by atoms with van der Waals surface area (Å²) < 4.78 is 10.9. The van der Waals surface area contributed by atoms with E-state index >= 15 is 0 Å². The molecule has 3 aliphatic heterocycles. The molecule has 0 aromatic heterocycles. The standard InChI is InChI=1S/C12H20N2O2S/c1-11(2-5-16-8-11)13-10-14-12(9-17-10)3-6-15-7-4-12/h2-9H2,1H3,(H,13,14). The Bertz CT molecular complexity index is 320. The number of thioether (sulfide) groups is 1. The van der Waals surface area contributed by atoms with Gasteiger partial charge in [-0.15, -0.1) is 0 Å². The molecule has 0 aromatic rings. The topological polar surface area (TPSA) is 42.9 Å². The largest absolute Gasteiger partial charge is 0.381 e. The van der Waals surface area contributed by atoms with Gasteiger partial charge in [0.15, 0.2) is 5.17 Å². The maximum Gasteiger partial charge on any atom is 0.157 e. The average Bonchev–Trinajstić information content (AvgIpc) is 2.89. The van der Waals surface area contributed by atoms with Crippen LogP contribution in [0.2, 0.25) is 0 Å². The van der Waals surface area contributed by atoms with Gasteiger partial charge in [-0.3, -0.25) is 4.99 Å². The lowest BCUT2D eigenvalue weighted by Crippen LogP contribution is -2.45. The highest BCUT2D eigenvalue weighted by Gasteiger charge is 2.39. The number of nitrogens with one attached hydrogen (secondary N) is 1. The molecule has 3 rings (SSSR count). The molecule has 0 bridgehead atoms. The van der Waals surface area contributed by atoms with Crippen LogP contribution in [0.4, 0.5) is 0 Å². The van der Waals surface area contributed by atoms with Gasteiger partial charge in [0.1, 0.15) is 0 Å². The summed E-state index contributed by atoms with van der Waals surface area (Å²) in [5.74, 6) is 1.11. The van der Waals surface area contributed by atoms with Gasteiger partial charge in [-0.1, -0.05) is 11.8 Å². The molecule has 0 amide bonds. The Hall–Kier alpha value is -0.260. The molecule has 3 heterocycles. The van der Waals surface area contributed by atoms with E-state index in [4.69, 9.17) is 14.5 Å². The quantitative estimate of drug-likeness (QED) is 0.770. The van der Waals surface area contributed by atoms with Crippen LogP contribution in [0.25, 0.3) is 0 Å². The summed E-state index contributed by atoms with van der Waals surface area (Å²) in [7, 11) is 0. The van der Waals surface area contributed by atoms with Crippen molar-refractivity contribution in [3.63, 3.8) is 0 Å². The first kappa shape index (κ1) is 11.8. The van der Waals surface area contributed by atoms with Crippen LogP contribution in [-0.2, 0) is 9.47 Å². The third kappa shape index (κ3) is 2.46. The van der Waals surface area contributed by atoms with Gasteiger partial charge < -0.3 is 14.8 Å². The third-order valence-electron chi connectivity index (χ3n) is 3.87. The van der Waals surface area contributed by atoms with E-state index in [0.717, 1.165) is 56.6 Å². The molecule has 2 fully saturated rings. The summed E-state index contributed by atoms with van der Waals surface area (Å²) in [6.07, 6.45) is 3.21. The summed E-state index contributed by atoms with van der Waals surface area (Å²) in [6, 6.07) is 0. The first-order valence-corrected chi connectivity index (χ1v) is 7.35. The molecule has 0 aliphatic carbocycles. The fourth-order valence-corrected chi connectivity index (χ4v) is 3.91. The van der Waals surface area contributed by atoms with Crippen LogP contribution in [0.15, 0.2) is 4.99 Å². The second-order valence-corrected chi connectivity index (χ2v) is 6.49. The fraction of sp³-hybridized carbons (Fsp3) is 0.917. The highest BCUT2D eigenvalue weighted by atomic mass is 32.2. The minimum absolute atomic E-state index is 0.0858. The number of amidine groups is 1. The fourth-order valence-electron chi connectivity index (χ4n) is 2.58. The van der Waals surface area contributed by atoms with Gasteiger partial charge in [-0.2, -0.15) is 0 Å². The average molecular weight is 256 g/mol. The van der Waals surface area contributed by atoms with Crippen molar-refractivity contribution in [3.8, 4) is 0 Å². The number of hydrogen-bond acceptors (Lipinski definition) is 5. The van der Waals surface area contributed by atoms with Crippen LogP contribution in [-0.4, -0.2) is 48.4 Å². The first-order valence-electron chi connectivity index (χ1n) is 6.36. The Morgan fingerprint density at radius 1 is 1.18 bits per heavy atom. The van der Waals surface area contributed by atoms with E-state index in [1.54, 1.807) is 0 Å².